The Kier molecular flexibility index (Phi) is 2.37. The van der Waals surface area contributed by atoms with E-state index >= 15 is 0 Å². The Morgan fingerprint density at radius 3 is 3.00 bits per heavy atom. The van der Waals surface area contributed by atoms with E-state index in [1.807, 2.05) is 6.07 Å². The summed E-state index contributed by atoms with van der Waals surface area (Å²) in [6, 6.07) is 5.04. The van der Waals surface area contributed by atoms with Crippen molar-refractivity contribution in [3.05, 3.63) is 29.3 Å². The van der Waals surface area contributed by atoms with Crippen molar-refractivity contribution >= 4 is 5.97 Å². The van der Waals surface area contributed by atoms with Gasteiger partial charge in [0.25, 0.3) is 0 Å². The van der Waals surface area contributed by atoms with Gasteiger partial charge in [0.05, 0.1) is 13.2 Å². The molecule has 1 aromatic rings. The number of hydrogen-bond acceptors (Lipinski definition) is 3. The van der Waals surface area contributed by atoms with Crippen LogP contribution < -0.4 is 4.74 Å². The fourth-order valence-electron chi connectivity index (χ4n) is 1.42. The van der Waals surface area contributed by atoms with E-state index in [9.17, 15) is 4.79 Å². The number of hydrogen-bond donors (Lipinski definition) is 1. The first-order valence-electron chi connectivity index (χ1n) is 4.35. The normalized spacial score (nSPS) is 15.1. The summed E-state index contributed by atoms with van der Waals surface area (Å²) in [5.74, 6) is -0.527. The third-order valence-corrected chi connectivity index (χ3v) is 2.06. The highest BCUT2D eigenvalue weighted by atomic mass is 16.5. The van der Waals surface area contributed by atoms with E-state index in [4.69, 9.17) is 14.6 Å². The van der Waals surface area contributed by atoms with Crippen LogP contribution in [0.3, 0.4) is 0 Å². The lowest BCUT2D eigenvalue weighted by Crippen LogP contribution is -2.05. The summed E-state index contributed by atoms with van der Waals surface area (Å²) in [4.78, 5) is 10.9. The maximum atomic E-state index is 10.9. The van der Waals surface area contributed by atoms with Gasteiger partial charge < -0.3 is 14.6 Å². The van der Waals surface area contributed by atoms with Gasteiger partial charge in [-0.3, -0.25) is 0 Å². The molecule has 0 saturated heterocycles. The van der Waals surface area contributed by atoms with Gasteiger partial charge in [-0.25, -0.2) is 4.79 Å². The van der Waals surface area contributed by atoms with Gasteiger partial charge in [0.2, 0.25) is 0 Å². The first kappa shape index (κ1) is 9.02. The number of carbonyl (C=O) groups is 1. The van der Waals surface area contributed by atoms with E-state index in [0.29, 0.717) is 25.6 Å². The second-order valence-corrected chi connectivity index (χ2v) is 3.00. The molecule has 0 unspecified atom stereocenters. The Labute approximate surface area is 81.1 Å². The fourth-order valence-corrected chi connectivity index (χ4v) is 1.42. The molecule has 0 fully saturated rings. The summed E-state index contributed by atoms with van der Waals surface area (Å²) in [5, 5.41) is 8.91. The summed E-state index contributed by atoms with van der Waals surface area (Å²) in [6.45, 7) is 1.31. The summed E-state index contributed by atoms with van der Waals surface area (Å²) in [7, 11) is 0. The summed E-state index contributed by atoms with van der Waals surface area (Å²) in [6.07, 6.45) is 0. The van der Waals surface area contributed by atoms with Crippen LogP contribution in [-0.2, 0) is 11.3 Å². The number of carboxylic acid groups (broad SMARTS) is 1. The molecule has 0 atom stereocenters. The zero-order chi connectivity index (χ0) is 9.97. The van der Waals surface area contributed by atoms with Crippen LogP contribution in [0.2, 0.25) is 0 Å². The summed E-state index contributed by atoms with van der Waals surface area (Å²) >= 11 is 0. The van der Waals surface area contributed by atoms with E-state index in [0.717, 1.165) is 5.56 Å². The quantitative estimate of drug-likeness (QED) is 0.732. The minimum absolute atomic E-state index is 0.202. The Morgan fingerprint density at radius 2 is 2.21 bits per heavy atom. The van der Waals surface area contributed by atoms with E-state index in [-0.39, 0.29) is 5.56 Å². The maximum Gasteiger partial charge on any atom is 0.339 e. The Balaban J connectivity index is 2.47. The average molecular weight is 194 g/mol. The molecular formula is C10H10O4. The van der Waals surface area contributed by atoms with Crippen molar-refractivity contribution in [3.63, 3.8) is 0 Å². The van der Waals surface area contributed by atoms with Crippen molar-refractivity contribution < 1.29 is 19.4 Å². The third-order valence-electron chi connectivity index (χ3n) is 2.06. The van der Waals surface area contributed by atoms with Gasteiger partial charge in [0.1, 0.15) is 17.9 Å². The summed E-state index contributed by atoms with van der Waals surface area (Å²) < 4.78 is 10.6. The SMILES string of the molecule is O=C(O)c1cccc2c1OCCOC2. The standard InChI is InChI=1S/C10H10O4/c11-10(12)8-3-1-2-7-6-13-4-5-14-9(7)8/h1-3H,4-6H2,(H,11,12). The van der Waals surface area contributed by atoms with Gasteiger partial charge in [-0.1, -0.05) is 12.1 Å². The summed E-state index contributed by atoms with van der Waals surface area (Å²) in [5.41, 5.74) is 0.996. The van der Waals surface area contributed by atoms with Crippen LogP contribution in [0.4, 0.5) is 0 Å². The van der Waals surface area contributed by atoms with Crippen molar-refractivity contribution in [1.29, 1.82) is 0 Å². The molecule has 1 N–H and O–H groups in total. The molecule has 0 bridgehead atoms. The van der Waals surface area contributed by atoms with Crippen molar-refractivity contribution in [2.75, 3.05) is 13.2 Å². The molecule has 14 heavy (non-hydrogen) atoms. The highest BCUT2D eigenvalue weighted by molar-refractivity contribution is 5.91. The Morgan fingerprint density at radius 1 is 1.36 bits per heavy atom. The second-order valence-electron chi connectivity index (χ2n) is 3.00. The van der Waals surface area contributed by atoms with E-state index < -0.39 is 5.97 Å². The number of para-hydroxylation sites is 1. The monoisotopic (exact) mass is 194 g/mol. The van der Waals surface area contributed by atoms with Gasteiger partial charge in [0, 0.05) is 5.56 Å². The van der Waals surface area contributed by atoms with E-state index in [1.165, 1.54) is 6.07 Å². The molecule has 74 valence electrons. The highest BCUT2D eigenvalue weighted by Crippen LogP contribution is 2.26. The topological polar surface area (TPSA) is 55.8 Å². The molecule has 0 aromatic heterocycles. The first-order valence-corrected chi connectivity index (χ1v) is 4.35. The van der Waals surface area contributed by atoms with Gasteiger partial charge in [-0.05, 0) is 6.07 Å². The lowest BCUT2D eigenvalue weighted by Gasteiger charge is -2.08. The molecule has 4 heteroatoms. The number of benzene rings is 1. The molecule has 4 nitrogen and oxygen atoms in total. The number of rotatable bonds is 1. The lowest BCUT2D eigenvalue weighted by atomic mass is 10.1. The van der Waals surface area contributed by atoms with Crippen LogP contribution in [0.15, 0.2) is 18.2 Å². The van der Waals surface area contributed by atoms with Crippen LogP contribution in [0, 0.1) is 0 Å². The smallest absolute Gasteiger partial charge is 0.339 e. The van der Waals surface area contributed by atoms with Gasteiger partial charge in [-0.15, -0.1) is 0 Å². The van der Waals surface area contributed by atoms with E-state index in [2.05, 4.69) is 0 Å². The Bertz CT molecular complexity index is 359. The second kappa shape index (κ2) is 3.67. The zero-order valence-corrected chi connectivity index (χ0v) is 7.53. The molecule has 1 aliphatic rings. The number of fused-ring (bicyclic) bond motifs is 1. The molecule has 0 aliphatic carbocycles. The van der Waals surface area contributed by atoms with Gasteiger partial charge in [-0.2, -0.15) is 0 Å². The molecule has 0 saturated carbocycles. The van der Waals surface area contributed by atoms with Gasteiger partial charge >= 0.3 is 5.97 Å². The molecule has 1 aromatic carbocycles. The van der Waals surface area contributed by atoms with Crippen molar-refractivity contribution in [2.45, 2.75) is 6.61 Å². The first-order chi connectivity index (χ1) is 6.79. The van der Waals surface area contributed by atoms with Crippen molar-refractivity contribution in [3.8, 4) is 5.75 Å². The van der Waals surface area contributed by atoms with Crippen molar-refractivity contribution in [2.24, 2.45) is 0 Å². The molecule has 0 spiro atoms. The highest BCUT2D eigenvalue weighted by Gasteiger charge is 2.17. The number of aromatic carboxylic acids is 1. The lowest BCUT2D eigenvalue weighted by molar-refractivity contribution is 0.0691. The molecule has 1 heterocycles. The molecule has 0 amide bonds. The third kappa shape index (κ3) is 1.56. The van der Waals surface area contributed by atoms with Gasteiger partial charge in [0.15, 0.2) is 0 Å². The minimum Gasteiger partial charge on any atom is -0.490 e. The van der Waals surface area contributed by atoms with Crippen LogP contribution in [0.1, 0.15) is 15.9 Å². The van der Waals surface area contributed by atoms with E-state index in [1.54, 1.807) is 6.07 Å². The van der Waals surface area contributed by atoms with Crippen LogP contribution >= 0.6 is 0 Å². The van der Waals surface area contributed by atoms with Crippen LogP contribution in [0.25, 0.3) is 0 Å². The zero-order valence-electron chi connectivity index (χ0n) is 7.53. The molecular weight excluding hydrogens is 184 g/mol. The number of ether oxygens (including phenoxy) is 2. The number of carboxylic acids is 1. The average Bonchev–Trinajstić information content (AvgIpc) is 2.41. The van der Waals surface area contributed by atoms with Crippen molar-refractivity contribution in [1.82, 2.24) is 0 Å². The molecule has 1 aliphatic heterocycles. The fraction of sp³-hybridized carbons (Fsp3) is 0.300. The largest absolute Gasteiger partial charge is 0.490 e. The van der Waals surface area contributed by atoms with Crippen LogP contribution in [0.5, 0.6) is 5.75 Å². The minimum atomic E-state index is -0.969. The van der Waals surface area contributed by atoms with Crippen LogP contribution in [-0.4, -0.2) is 24.3 Å². The predicted molar refractivity (Wildman–Crippen MR) is 48.6 cm³/mol. The predicted octanol–water partition coefficient (Wildman–Crippen LogP) is 1.29. The Hall–Kier alpha value is -1.55. The molecule has 0 radical (unpaired) electrons. The maximum absolute atomic E-state index is 10.9. The molecule has 2 rings (SSSR count).